The molecule has 8 nitrogen and oxygen atoms in total. The lowest BCUT2D eigenvalue weighted by atomic mass is 9.98. The third-order valence-corrected chi connectivity index (χ3v) is 7.60. The summed E-state index contributed by atoms with van der Waals surface area (Å²) in [6, 6.07) is 11.4. The molecule has 0 atom stereocenters. The van der Waals surface area contributed by atoms with Crippen LogP contribution in [0.2, 0.25) is 0 Å². The minimum absolute atomic E-state index is 0.160. The zero-order chi connectivity index (χ0) is 24.1. The molecule has 0 unspecified atom stereocenters. The Bertz CT molecular complexity index is 1320. The summed E-state index contributed by atoms with van der Waals surface area (Å²) in [5.74, 6) is 1.53. The summed E-state index contributed by atoms with van der Waals surface area (Å²) >= 11 is 0. The van der Waals surface area contributed by atoms with Crippen LogP contribution in [0.15, 0.2) is 56.6 Å². The molecule has 0 amide bonds. The molecule has 3 aromatic rings. The van der Waals surface area contributed by atoms with E-state index in [1.165, 1.54) is 35.4 Å². The van der Waals surface area contributed by atoms with Gasteiger partial charge in [-0.25, -0.2) is 17.9 Å². The molecule has 0 fully saturated rings. The highest BCUT2D eigenvalue weighted by molar-refractivity contribution is 7.89. The lowest BCUT2D eigenvalue weighted by molar-refractivity contribution is 0.247. The van der Waals surface area contributed by atoms with Crippen LogP contribution in [-0.4, -0.2) is 47.2 Å². The second-order valence-electron chi connectivity index (χ2n) is 8.41. The van der Waals surface area contributed by atoms with Gasteiger partial charge in [-0.1, -0.05) is 6.42 Å². The maximum absolute atomic E-state index is 12.6. The number of hydrogen-bond donors (Lipinski definition) is 1. The standard InChI is InChI=1S/C25H30N2O6S/c1-31-23-15-18-10-13-27(17-20(18)16-24(23)32-2)12-5-3-4-11-26-34(29,30)21-7-8-22-19(14-21)6-9-25(28)33-22/h6-9,14-16,26H,3-5,10-13,17H2,1-2H3. The third kappa shape index (κ3) is 5.60. The zero-order valence-electron chi connectivity index (χ0n) is 19.5. The highest BCUT2D eigenvalue weighted by atomic mass is 32.2. The van der Waals surface area contributed by atoms with E-state index in [-0.39, 0.29) is 4.90 Å². The average molecular weight is 487 g/mol. The number of unbranched alkanes of at least 4 members (excludes halogenated alkanes) is 2. The summed E-state index contributed by atoms with van der Waals surface area (Å²) in [4.78, 5) is 13.9. The van der Waals surface area contributed by atoms with Gasteiger partial charge in [0.15, 0.2) is 11.5 Å². The van der Waals surface area contributed by atoms with Crippen LogP contribution in [0.25, 0.3) is 11.0 Å². The Morgan fingerprint density at radius 3 is 2.50 bits per heavy atom. The van der Waals surface area contributed by atoms with E-state index >= 15 is 0 Å². The summed E-state index contributed by atoms with van der Waals surface area (Å²) in [7, 11) is -0.312. The van der Waals surface area contributed by atoms with E-state index in [2.05, 4.69) is 21.8 Å². The molecule has 2 heterocycles. The highest BCUT2D eigenvalue weighted by Crippen LogP contribution is 2.33. The van der Waals surface area contributed by atoms with E-state index in [1.807, 2.05) is 0 Å². The monoisotopic (exact) mass is 486 g/mol. The van der Waals surface area contributed by atoms with Crippen molar-refractivity contribution in [3.05, 3.63) is 64.0 Å². The van der Waals surface area contributed by atoms with E-state index < -0.39 is 15.6 Å². The van der Waals surface area contributed by atoms with Crippen molar-refractivity contribution in [3.8, 4) is 11.5 Å². The van der Waals surface area contributed by atoms with E-state index in [1.54, 1.807) is 20.3 Å². The summed E-state index contributed by atoms with van der Waals surface area (Å²) in [6.07, 6.45) is 3.67. The number of rotatable bonds is 10. The summed E-state index contributed by atoms with van der Waals surface area (Å²) in [6.45, 7) is 3.22. The van der Waals surface area contributed by atoms with Gasteiger partial charge in [0, 0.05) is 31.1 Å². The average Bonchev–Trinajstić information content (AvgIpc) is 2.84. The fourth-order valence-electron chi connectivity index (χ4n) is 4.28. The van der Waals surface area contributed by atoms with Gasteiger partial charge >= 0.3 is 5.63 Å². The topological polar surface area (TPSA) is 98.1 Å². The predicted molar refractivity (Wildman–Crippen MR) is 130 cm³/mol. The van der Waals surface area contributed by atoms with Crippen molar-refractivity contribution < 1.29 is 22.3 Å². The van der Waals surface area contributed by atoms with E-state index in [9.17, 15) is 13.2 Å². The fourth-order valence-corrected chi connectivity index (χ4v) is 5.39. The Hall–Kier alpha value is -2.88. The molecule has 0 spiro atoms. The van der Waals surface area contributed by atoms with Crippen molar-refractivity contribution >= 4 is 21.0 Å². The number of methoxy groups -OCH3 is 2. The molecular formula is C25H30N2O6S. The van der Waals surface area contributed by atoms with Gasteiger partial charge in [-0.3, -0.25) is 4.90 Å². The maximum atomic E-state index is 12.6. The maximum Gasteiger partial charge on any atom is 0.336 e. The number of hydrogen-bond acceptors (Lipinski definition) is 7. The summed E-state index contributed by atoms with van der Waals surface area (Å²) in [5, 5.41) is 0.571. The summed E-state index contributed by atoms with van der Waals surface area (Å²) in [5.41, 5.74) is 2.48. The number of benzene rings is 2. The molecule has 0 aliphatic carbocycles. The number of fused-ring (bicyclic) bond motifs is 2. The first-order chi connectivity index (χ1) is 16.4. The van der Waals surface area contributed by atoms with Crippen molar-refractivity contribution in [1.82, 2.24) is 9.62 Å². The molecule has 0 saturated heterocycles. The lowest BCUT2D eigenvalue weighted by Crippen LogP contribution is -2.31. The van der Waals surface area contributed by atoms with Gasteiger partial charge in [0.2, 0.25) is 10.0 Å². The second-order valence-corrected chi connectivity index (χ2v) is 10.2. The first-order valence-electron chi connectivity index (χ1n) is 11.4. The normalized spacial score (nSPS) is 14.2. The predicted octanol–water partition coefficient (Wildman–Crippen LogP) is 3.32. The van der Waals surface area contributed by atoms with Crippen LogP contribution in [0.1, 0.15) is 30.4 Å². The first kappa shape index (κ1) is 24.3. The van der Waals surface area contributed by atoms with Crippen molar-refractivity contribution in [1.29, 1.82) is 0 Å². The number of nitrogens with one attached hydrogen (secondary N) is 1. The number of nitrogens with zero attached hydrogens (tertiary/aromatic N) is 1. The van der Waals surface area contributed by atoms with E-state index in [4.69, 9.17) is 13.9 Å². The Labute approximate surface area is 199 Å². The molecule has 1 aromatic heterocycles. The molecule has 4 rings (SSSR count). The van der Waals surface area contributed by atoms with Crippen molar-refractivity contribution in [2.75, 3.05) is 33.9 Å². The van der Waals surface area contributed by atoms with Crippen LogP contribution >= 0.6 is 0 Å². The smallest absolute Gasteiger partial charge is 0.336 e. The van der Waals surface area contributed by atoms with Crippen LogP contribution in [0.3, 0.4) is 0 Å². The van der Waals surface area contributed by atoms with Crippen LogP contribution < -0.4 is 19.8 Å². The molecule has 0 saturated carbocycles. The first-order valence-corrected chi connectivity index (χ1v) is 12.9. The largest absolute Gasteiger partial charge is 0.493 e. The third-order valence-electron chi connectivity index (χ3n) is 6.14. The van der Waals surface area contributed by atoms with Crippen molar-refractivity contribution in [2.45, 2.75) is 37.1 Å². The molecule has 182 valence electrons. The van der Waals surface area contributed by atoms with Gasteiger partial charge in [0.1, 0.15) is 5.58 Å². The van der Waals surface area contributed by atoms with E-state index in [0.29, 0.717) is 17.5 Å². The SMILES string of the molecule is COc1cc2c(cc1OC)CN(CCCCCNS(=O)(=O)c1ccc3oc(=O)ccc3c1)CC2. The zero-order valence-corrected chi connectivity index (χ0v) is 20.3. The van der Waals surface area contributed by atoms with Crippen LogP contribution in [0, 0.1) is 0 Å². The molecule has 0 radical (unpaired) electrons. The molecule has 0 bridgehead atoms. The fraction of sp³-hybridized carbons (Fsp3) is 0.400. The van der Waals surface area contributed by atoms with Crippen LogP contribution in [0.5, 0.6) is 11.5 Å². The molecular weight excluding hydrogens is 456 g/mol. The molecule has 2 aromatic carbocycles. The lowest BCUT2D eigenvalue weighted by Gasteiger charge is -2.29. The van der Waals surface area contributed by atoms with Crippen molar-refractivity contribution in [2.24, 2.45) is 0 Å². The van der Waals surface area contributed by atoms with E-state index in [0.717, 1.165) is 56.8 Å². The Morgan fingerprint density at radius 2 is 1.74 bits per heavy atom. The number of sulfonamides is 1. The second kappa shape index (κ2) is 10.6. The highest BCUT2D eigenvalue weighted by Gasteiger charge is 2.19. The summed E-state index contributed by atoms with van der Waals surface area (Å²) < 4.78 is 43.8. The van der Waals surface area contributed by atoms with Gasteiger partial charge in [0.25, 0.3) is 0 Å². The minimum atomic E-state index is -3.62. The Kier molecular flexibility index (Phi) is 7.55. The molecule has 1 N–H and O–H groups in total. The Balaban J connectivity index is 1.22. The molecule has 9 heteroatoms. The number of ether oxygens (including phenoxy) is 2. The van der Waals surface area contributed by atoms with Gasteiger partial charge in [-0.15, -0.1) is 0 Å². The van der Waals surface area contributed by atoms with Crippen molar-refractivity contribution in [3.63, 3.8) is 0 Å². The molecule has 1 aliphatic rings. The minimum Gasteiger partial charge on any atom is -0.493 e. The van der Waals surface area contributed by atoms with Crippen LogP contribution in [-0.2, 0) is 23.0 Å². The van der Waals surface area contributed by atoms with Gasteiger partial charge < -0.3 is 13.9 Å². The molecule has 34 heavy (non-hydrogen) atoms. The molecule has 1 aliphatic heterocycles. The van der Waals surface area contributed by atoms with Gasteiger partial charge in [0.05, 0.1) is 19.1 Å². The Morgan fingerprint density at radius 1 is 0.971 bits per heavy atom. The van der Waals surface area contributed by atoms with Gasteiger partial charge in [-0.05, 0) is 73.3 Å². The van der Waals surface area contributed by atoms with Crippen LogP contribution in [0.4, 0.5) is 0 Å². The quantitative estimate of drug-likeness (QED) is 0.347. The van der Waals surface area contributed by atoms with Gasteiger partial charge in [-0.2, -0.15) is 0 Å².